The third-order valence-corrected chi connectivity index (χ3v) is 6.87. The first kappa shape index (κ1) is 28.6. The molecule has 36 heavy (non-hydrogen) atoms. The summed E-state index contributed by atoms with van der Waals surface area (Å²) in [6.45, 7) is 16.3. The van der Waals surface area contributed by atoms with Crippen LogP contribution in [0.2, 0.25) is 0 Å². The lowest BCUT2D eigenvalue weighted by molar-refractivity contribution is 0.291. The van der Waals surface area contributed by atoms with Gasteiger partial charge in [0.05, 0.1) is 18.3 Å². The third-order valence-electron chi connectivity index (χ3n) is 6.87. The van der Waals surface area contributed by atoms with Crippen LogP contribution in [0.15, 0.2) is 45.2 Å². The Labute approximate surface area is 215 Å². The fraction of sp³-hybridized carbons (Fsp3) is 0.586. The maximum absolute atomic E-state index is 10.7. The molecule has 0 atom stereocenters. The molecule has 7 nitrogen and oxygen atoms in total. The molecule has 0 fully saturated rings. The van der Waals surface area contributed by atoms with Gasteiger partial charge in [0, 0.05) is 17.7 Å². The van der Waals surface area contributed by atoms with E-state index in [4.69, 9.17) is 6.57 Å². The second-order valence-electron chi connectivity index (χ2n) is 11.4. The molecule has 0 spiro atoms. The Morgan fingerprint density at radius 1 is 0.833 bits per heavy atom. The first-order valence-electron chi connectivity index (χ1n) is 12.6. The smallest absolute Gasteiger partial charge is 0.268 e. The van der Waals surface area contributed by atoms with Crippen LogP contribution in [0.25, 0.3) is 4.85 Å². The third kappa shape index (κ3) is 7.41. The van der Waals surface area contributed by atoms with Gasteiger partial charge in [-0.1, -0.05) is 47.0 Å². The number of aliphatic hydroxyl groups is 2. The molecule has 0 aromatic rings. The molecule has 2 rings (SSSR count). The van der Waals surface area contributed by atoms with E-state index >= 15 is 0 Å². The Bertz CT molecular complexity index is 1030. The topological polar surface area (TPSA) is 128 Å². The fourth-order valence-corrected chi connectivity index (χ4v) is 5.18. The minimum absolute atomic E-state index is 0.00771. The average Bonchev–Trinajstić information content (AvgIpc) is 2.81. The Morgan fingerprint density at radius 2 is 1.42 bits per heavy atom. The van der Waals surface area contributed by atoms with E-state index in [1.807, 2.05) is 18.2 Å². The molecule has 0 amide bonds. The summed E-state index contributed by atoms with van der Waals surface area (Å²) in [7, 11) is 0. The number of nitrogens with one attached hydrogen (secondary N) is 1. The second kappa shape index (κ2) is 12.3. The summed E-state index contributed by atoms with van der Waals surface area (Å²) < 4.78 is 0. The van der Waals surface area contributed by atoms with Gasteiger partial charge in [0.15, 0.2) is 0 Å². The van der Waals surface area contributed by atoms with Crippen LogP contribution in [-0.4, -0.2) is 16.8 Å². The first-order chi connectivity index (χ1) is 17.0. The SMILES string of the molecule is [C-]#[N+]/C(C#N)=C1\CC(C)(C)CC(NCCCCCCCC2=C(O)C(=C(C#N)C#N)CC(C)(C)C2)=C1O. The molecule has 0 bridgehead atoms. The Balaban J connectivity index is 1.85. The lowest BCUT2D eigenvalue weighted by Gasteiger charge is -2.33. The Morgan fingerprint density at radius 3 is 2.03 bits per heavy atom. The number of aliphatic hydroxyl groups excluding tert-OH is 2. The van der Waals surface area contributed by atoms with Gasteiger partial charge in [-0.05, 0) is 61.3 Å². The zero-order valence-corrected chi connectivity index (χ0v) is 22.0. The maximum Gasteiger partial charge on any atom is 0.268 e. The van der Waals surface area contributed by atoms with Gasteiger partial charge in [-0.15, -0.1) is 0 Å². The van der Waals surface area contributed by atoms with Gasteiger partial charge in [0.1, 0.15) is 29.2 Å². The number of nitriles is 3. The summed E-state index contributed by atoms with van der Waals surface area (Å²) in [5.74, 6) is 0.195. The van der Waals surface area contributed by atoms with Crippen molar-refractivity contribution in [2.45, 2.75) is 91.9 Å². The van der Waals surface area contributed by atoms with Crippen molar-refractivity contribution in [2.75, 3.05) is 6.54 Å². The van der Waals surface area contributed by atoms with Gasteiger partial charge < -0.3 is 15.5 Å². The van der Waals surface area contributed by atoms with Crippen molar-refractivity contribution in [3.05, 3.63) is 56.6 Å². The number of allylic oxidation sites excluding steroid dienone is 6. The quantitative estimate of drug-likeness (QED) is 0.179. The summed E-state index contributed by atoms with van der Waals surface area (Å²) in [5, 5.41) is 52.4. The number of unbranched alkanes of at least 4 members (excludes halogenated alkanes) is 4. The highest BCUT2D eigenvalue weighted by atomic mass is 16.3. The van der Waals surface area contributed by atoms with Crippen LogP contribution >= 0.6 is 0 Å². The van der Waals surface area contributed by atoms with Crippen molar-refractivity contribution in [1.82, 2.24) is 5.32 Å². The monoisotopic (exact) mass is 487 g/mol. The van der Waals surface area contributed by atoms with E-state index in [1.165, 1.54) is 0 Å². The molecule has 0 aliphatic heterocycles. The van der Waals surface area contributed by atoms with Gasteiger partial charge in [0.25, 0.3) is 5.70 Å². The van der Waals surface area contributed by atoms with E-state index in [0.717, 1.165) is 50.5 Å². The van der Waals surface area contributed by atoms with Crippen LogP contribution in [-0.2, 0) is 0 Å². The summed E-state index contributed by atoms with van der Waals surface area (Å²) >= 11 is 0. The largest absolute Gasteiger partial charge is 0.508 e. The second-order valence-corrected chi connectivity index (χ2v) is 11.4. The average molecular weight is 488 g/mol. The highest BCUT2D eigenvalue weighted by molar-refractivity contribution is 5.50. The van der Waals surface area contributed by atoms with Crippen LogP contribution in [0.1, 0.15) is 91.9 Å². The predicted octanol–water partition coefficient (Wildman–Crippen LogP) is 7.18. The highest BCUT2D eigenvalue weighted by Gasteiger charge is 2.33. The molecule has 0 radical (unpaired) electrons. The van der Waals surface area contributed by atoms with Gasteiger partial charge in [0.2, 0.25) is 0 Å². The van der Waals surface area contributed by atoms with Gasteiger partial charge in [-0.2, -0.15) is 10.5 Å². The molecule has 0 aromatic carbocycles. The van der Waals surface area contributed by atoms with E-state index in [9.17, 15) is 26.0 Å². The molecular weight excluding hydrogens is 450 g/mol. The van der Waals surface area contributed by atoms with Crippen molar-refractivity contribution in [3.8, 4) is 18.2 Å². The van der Waals surface area contributed by atoms with Crippen molar-refractivity contribution < 1.29 is 10.2 Å². The Kier molecular flexibility index (Phi) is 9.78. The van der Waals surface area contributed by atoms with Crippen LogP contribution in [0.4, 0.5) is 0 Å². The van der Waals surface area contributed by atoms with Crippen molar-refractivity contribution in [3.63, 3.8) is 0 Å². The number of hydrogen-bond donors (Lipinski definition) is 3. The molecule has 3 N–H and O–H groups in total. The molecule has 7 heteroatoms. The number of nitrogens with zero attached hydrogens (tertiary/aromatic N) is 4. The van der Waals surface area contributed by atoms with Crippen molar-refractivity contribution >= 4 is 0 Å². The lowest BCUT2D eigenvalue weighted by Crippen LogP contribution is -2.28. The van der Waals surface area contributed by atoms with Gasteiger partial charge >= 0.3 is 0 Å². The molecule has 0 saturated heterocycles. The maximum atomic E-state index is 10.7. The summed E-state index contributed by atoms with van der Waals surface area (Å²) in [6.07, 6.45) is 8.18. The standard InChI is InChI=1S/C29H37N5O2/c1-28(2)13-20(26(35)22(14-28)21(17-30)18-31)11-9-7-6-8-10-12-34-24-16-29(3,4)15-23(27(24)36)25(19-32)33-5/h34-36H,6-16H2,1-4H3/b25-23+. The van der Waals surface area contributed by atoms with Crippen molar-refractivity contribution in [2.24, 2.45) is 10.8 Å². The van der Waals surface area contributed by atoms with E-state index in [0.29, 0.717) is 42.7 Å². The molecule has 0 aromatic heterocycles. The minimum Gasteiger partial charge on any atom is -0.508 e. The van der Waals surface area contributed by atoms with E-state index in [1.54, 1.807) is 0 Å². The molecular formula is C29H37N5O2. The Hall–Kier alpha value is -3.68. The van der Waals surface area contributed by atoms with Gasteiger partial charge in [-0.25, -0.2) is 10.1 Å². The number of hydrogen-bond acceptors (Lipinski definition) is 6. The molecule has 0 heterocycles. The molecule has 190 valence electrons. The first-order valence-corrected chi connectivity index (χ1v) is 12.6. The lowest BCUT2D eigenvalue weighted by atomic mass is 9.72. The van der Waals surface area contributed by atoms with E-state index in [-0.39, 0.29) is 33.6 Å². The molecule has 0 saturated carbocycles. The summed E-state index contributed by atoms with van der Waals surface area (Å²) in [4.78, 5) is 3.28. The van der Waals surface area contributed by atoms with E-state index in [2.05, 4.69) is 37.9 Å². The highest BCUT2D eigenvalue weighted by Crippen LogP contribution is 2.44. The van der Waals surface area contributed by atoms with Crippen LogP contribution in [0.5, 0.6) is 0 Å². The normalized spacial score (nSPS) is 20.1. The van der Waals surface area contributed by atoms with Crippen LogP contribution < -0.4 is 5.32 Å². The zero-order valence-electron chi connectivity index (χ0n) is 22.0. The van der Waals surface area contributed by atoms with Crippen LogP contribution in [0, 0.1) is 51.4 Å². The zero-order chi connectivity index (χ0) is 26.9. The van der Waals surface area contributed by atoms with Gasteiger partial charge in [-0.3, -0.25) is 0 Å². The van der Waals surface area contributed by atoms with Crippen molar-refractivity contribution in [1.29, 1.82) is 15.8 Å². The molecule has 0 unspecified atom stereocenters. The fourth-order valence-electron chi connectivity index (χ4n) is 5.18. The summed E-state index contributed by atoms with van der Waals surface area (Å²) in [6, 6.07) is 5.75. The predicted molar refractivity (Wildman–Crippen MR) is 139 cm³/mol. The van der Waals surface area contributed by atoms with Crippen LogP contribution in [0.3, 0.4) is 0 Å². The molecule has 2 aliphatic rings. The molecule has 2 aliphatic carbocycles. The minimum atomic E-state index is -0.138. The van der Waals surface area contributed by atoms with E-state index < -0.39 is 0 Å². The number of rotatable bonds is 9. The summed E-state index contributed by atoms with van der Waals surface area (Å²) in [5.41, 5.74) is 2.30.